The van der Waals surface area contributed by atoms with Gasteiger partial charge in [-0.05, 0) is 26.2 Å². The lowest BCUT2D eigenvalue weighted by Gasteiger charge is -2.12. The van der Waals surface area contributed by atoms with Crippen molar-refractivity contribution in [3.8, 4) is 0 Å². The Hall–Kier alpha value is -0.910. The molecule has 2 atom stereocenters. The van der Waals surface area contributed by atoms with Crippen molar-refractivity contribution in [2.75, 3.05) is 7.11 Å². The van der Waals surface area contributed by atoms with E-state index in [1.807, 2.05) is 7.11 Å². The van der Waals surface area contributed by atoms with Crippen molar-refractivity contribution < 1.29 is 4.74 Å². The van der Waals surface area contributed by atoms with E-state index in [1.165, 1.54) is 18.5 Å². The smallest absolute Gasteiger partial charge is 0.194 e. The van der Waals surface area contributed by atoms with Crippen LogP contribution in [0.3, 0.4) is 0 Å². The lowest BCUT2D eigenvalue weighted by atomic mass is 10.2. The topological polar surface area (TPSA) is 38.6 Å². The SMILES string of the molecule is COC1CCC(NCc2c(C)nc3sccn23)C1. The number of fused-ring (bicyclic) bond motifs is 1. The Bertz CT molecular complexity index is 533. The molecule has 4 nitrogen and oxygen atoms in total. The third-order valence-corrected chi connectivity index (χ3v) is 4.59. The van der Waals surface area contributed by atoms with Gasteiger partial charge in [-0.15, -0.1) is 11.3 Å². The van der Waals surface area contributed by atoms with Gasteiger partial charge in [-0.25, -0.2) is 4.98 Å². The Morgan fingerprint density at radius 2 is 2.44 bits per heavy atom. The quantitative estimate of drug-likeness (QED) is 0.922. The first kappa shape index (κ1) is 12.1. The van der Waals surface area contributed by atoms with Crippen LogP contribution in [0.15, 0.2) is 11.6 Å². The molecule has 2 aromatic rings. The minimum Gasteiger partial charge on any atom is -0.381 e. The molecule has 98 valence electrons. The maximum absolute atomic E-state index is 5.40. The molecule has 0 amide bonds. The summed E-state index contributed by atoms with van der Waals surface area (Å²) in [6.45, 7) is 2.98. The van der Waals surface area contributed by atoms with Gasteiger partial charge in [-0.3, -0.25) is 4.40 Å². The van der Waals surface area contributed by atoms with Gasteiger partial charge < -0.3 is 10.1 Å². The van der Waals surface area contributed by atoms with E-state index in [-0.39, 0.29) is 0 Å². The molecule has 0 aliphatic heterocycles. The fourth-order valence-electron chi connectivity index (χ4n) is 2.73. The van der Waals surface area contributed by atoms with Crippen LogP contribution in [-0.4, -0.2) is 28.6 Å². The molecule has 2 heterocycles. The number of thiazole rings is 1. The Morgan fingerprint density at radius 1 is 1.56 bits per heavy atom. The molecular weight excluding hydrogens is 246 g/mol. The molecule has 3 rings (SSSR count). The van der Waals surface area contributed by atoms with Gasteiger partial charge in [0, 0.05) is 31.3 Å². The number of hydrogen-bond acceptors (Lipinski definition) is 4. The second-order valence-corrected chi connectivity index (χ2v) is 5.82. The van der Waals surface area contributed by atoms with Crippen LogP contribution in [0.4, 0.5) is 0 Å². The summed E-state index contributed by atoms with van der Waals surface area (Å²) in [5.41, 5.74) is 2.42. The Kier molecular flexibility index (Phi) is 3.37. The Morgan fingerprint density at radius 3 is 3.22 bits per heavy atom. The van der Waals surface area contributed by atoms with Gasteiger partial charge >= 0.3 is 0 Å². The number of nitrogens with one attached hydrogen (secondary N) is 1. The van der Waals surface area contributed by atoms with Gasteiger partial charge in [0.15, 0.2) is 4.96 Å². The highest BCUT2D eigenvalue weighted by Gasteiger charge is 2.24. The first-order chi connectivity index (χ1) is 8.78. The molecule has 0 radical (unpaired) electrons. The average Bonchev–Trinajstić information content (AvgIpc) is 3.03. The summed E-state index contributed by atoms with van der Waals surface area (Å²) in [5.74, 6) is 0. The molecule has 2 aromatic heterocycles. The van der Waals surface area contributed by atoms with Crippen LogP contribution in [0.1, 0.15) is 30.7 Å². The molecule has 1 aliphatic carbocycles. The van der Waals surface area contributed by atoms with Crippen molar-refractivity contribution in [2.24, 2.45) is 0 Å². The standard InChI is InChI=1S/C13H19N3OS/c1-9-12(16-5-6-18-13(16)15-9)8-14-10-3-4-11(7-10)17-2/h5-6,10-11,14H,3-4,7-8H2,1-2H3. The van der Waals surface area contributed by atoms with Gasteiger partial charge in [0.05, 0.1) is 17.5 Å². The number of ether oxygens (including phenoxy) is 1. The second kappa shape index (κ2) is 4.99. The molecule has 0 bridgehead atoms. The van der Waals surface area contributed by atoms with Crippen molar-refractivity contribution in [3.05, 3.63) is 23.0 Å². The summed E-state index contributed by atoms with van der Waals surface area (Å²) < 4.78 is 7.59. The van der Waals surface area contributed by atoms with Crippen molar-refractivity contribution in [2.45, 2.75) is 44.9 Å². The highest BCUT2D eigenvalue weighted by atomic mass is 32.1. The fraction of sp³-hybridized carbons (Fsp3) is 0.615. The predicted molar refractivity (Wildman–Crippen MR) is 73.1 cm³/mol. The van der Waals surface area contributed by atoms with E-state index in [0.29, 0.717) is 12.1 Å². The van der Waals surface area contributed by atoms with E-state index >= 15 is 0 Å². The number of hydrogen-bond donors (Lipinski definition) is 1. The van der Waals surface area contributed by atoms with Crippen LogP contribution in [0.2, 0.25) is 0 Å². The Balaban J connectivity index is 1.66. The maximum atomic E-state index is 5.40. The van der Waals surface area contributed by atoms with Crippen LogP contribution in [0.5, 0.6) is 0 Å². The van der Waals surface area contributed by atoms with E-state index in [2.05, 4.69) is 33.2 Å². The molecule has 5 heteroatoms. The molecule has 0 aromatic carbocycles. The molecule has 1 aliphatic rings. The normalized spacial score (nSPS) is 24.1. The average molecular weight is 265 g/mol. The molecule has 1 saturated carbocycles. The Labute approximate surface area is 111 Å². The van der Waals surface area contributed by atoms with Gasteiger partial charge in [0.25, 0.3) is 0 Å². The van der Waals surface area contributed by atoms with E-state index in [9.17, 15) is 0 Å². The van der Waals surface area contributed by atoms with Gasteiger partial charge in [-0.1, -0.05) is 0 Å². The third kappa shape index (κ3) is 2.18. The first-order valence-corrected chi connectivity index (χ1v) is 7.33. The van der Waals surface area contributed by atoms with E-state index < -0.39 is 0 Å². The molecule has 18 heavy (non-hydrogen) atoms. The summed E-state index contributed by atoms with van der Waals surface area (Å²) in [6, 6.07) is 0.582. The maximum Gasteiger partial charge on any atom is 0.194 e. The minimum atomic E-state index is 0.440. The summed E-state index contributed by atoms with van der Waals surface area (Å²) in [6.07, 6.45) is 6.05. The fourth-order valence-corrected chi connectivity index (χ4v) is 3.51. The van der Waals surface area contributed by atoms with Gasteiger partial charge in [0.1, 0.15) is 0 Å². The van der Waals surface area contributed by atoms with Crippen molar-refractivity contribution in [3.63, 3.8) is 0 Å². The number of methoxy groups -OCH3 is 1. The molecule has 1 N–H and O–H groups in total. The highest BCUT2D eigenvalue weighted by Crippen LogP contribution is 2.22. The van der Waals surface area contributed by atoms with Crippen molar-refractivity contribution in [1.29, 1.82) is 0 Å². The van der Waals surface area contributed by atoms with E-state index in [4.69, 9.17) is 4.74 Å². The first-order valence-electron chi connectivity index (χ1n) is 6.45. The van der Waals surface area contributed by atoms with Crippen LogP contribution in [0.25, 0.3) is 4.96 Å². The number of imidazole rings is 1. The summed E-state index contributed by atoms with van der Waals surface area (Å²) >= 11 is 1.69. The van der Waals surface area contributed by atoms with Crippen LogP contribution in [-0.2, 0) is 11.3 Å². The van der Waals surface area contributed by atoms with Crippen molar-refractivity contribution in [1.82, 2.24) is 14.7 Å². The molecular formula is C13H19N3OS. The van der Waals surface area contributed by atoms with Crippen LogP contribution >= 0.6 is 11.3 Å². The summed E-state index contributed by atoms with van der Waals surface area (Å²) in [5, 5.41) is 5.72. The number of aryl methyl sites for hydroxylation is 1. The molecule has 2 unspecified atom stereocenters. The highest BCUT2D eigenvalue weighted by molar-refractivity contribution is 7.15. The zero-order chi connectivity index (χ0) is 12.5. The summed E-state index contributed by atoms with van der Waals surface area (Å²) in [7, 11) is 1.81. The van der Waals surface area contributed by atoms with E-state index in [0.717, 1.165) is 23.6 Å². The second-order valence-electron chi connectivity index (χ2n) is 4.95. The molecule has 0 spiro atoms. The monoisotopic (exact) mass is 265 g/mol. The number of nitrogens with zero attached hydrogens (tertiary/aromatic N) is 2. The molecule has 0 saturated heterocycles. The van der Waals surface area contributed by atoms with E-state index in [1.54, 1.807) is 11.3 Å². The lowest BCUT2D eigenvalue weighted by molar-refractivity contribution is 0.107. The zero-order valence-corrected chi connectivity index (χ0v) is 11.7. The number of aromatic nitrogens is 2. The lowest BCUT2D eigenvalue weighted by Crippen LogP contribution is -2.27. The van der Waals surface area contributed by atoms with Crippen LogP contribution < -0.4 is 5.32 Å². The number of rotatable bonds is 4. The predicted octanol–water partition coefficient (Wildman–Crippen LogP) is 2.36. The van der Waals surface area contributed by atoms with Gasteiger partial charge in [-0.2, -0.15) is 0 Å². The zero-order valence-electron chi connectivity index (χ0n) is 10.8. The molecule has 1 fully saturated rings. The minimum absolute atomic E-state index is 0.440. The largest absolute Gasteiger partial charge is 0.381 e. The van der Waals surface area contributed by atoms with Crippen LogP contribution in [0, 0.1) is 6.92 Å². The van der Waals surface area contributed by atoms with Crippen molar-refractivity contribution >= 4 is 16.3 Å². The third-order valence-electron chi connectivity index (χ3n) is 3.84. The van der Waals surface area contributed by atoms with Gasteiger partial charge in [0.2, 0.25) is 0 Å². The summed E-state index contributed by atoms with van der Waals surface area (Å²) in [4.78, 5) is 5.65.